The highest BCUT2D eigenvalue weighted by atomic mass is 16.5. The first kappa shape index (κ1) is 11.6. The molecule has 0 aliphatic heterocycles. The minimum absolute atomic E-state index is 0.00616. The van der Waals surface area contributed by atoms with Gasteiger partial charge in [0.15, 0.2) is 0 Å². The zero-order chi connectivity index (χ0) is 13.4. The molecule has 3 aromatic rings. The minimum Gasteiger partial charge on any atom is -0.364 e. The molecule has 0 aromatic carbocycles. The molecule has 0 fully saturated rings. The second kappa shape index (κ2) is 4.34. The largest absolute Gasteiger partial charge is 0.364 e. The van der Waals surface area contributed by atoms with E-state index in [1.54, 1.807) is 10.8 Å². The molecule has 1 atom stereocenters. The maximum Gasteiger partial charge on any atom is 0.254 e. The van der Waals surface area contributed by atoms with Crippen molar-refractivity contribution in [2.24, 2.45) is 0 Å². The lowest BCUT2D eigenvalue weighted by atomic mass is 10.2. The Morgan fingerprint density at radius 2 is 2.21 bits per heavy atom. The van der Waals surface area contributed by atoms with Crippen molar-refractivity contribution in [3.05, 3.63) is 35.6 Å². The Hall–Kier alpha value is -2.44. The third-order valence-electron chi connectivity index (χ3n) is 3.16. The van der Waals surface area contributed by atoms with Crippen LogP contribution >= 0.6 is 0 Å². The predicted molar refractivity (Wildman–Crippen MR) is 68.8 cm³/mol. The summed E-state index contributed by atoms with van der Waals surface area (Å²) in [5, 5.41) is 11.5. The van der Waals surface area contributed by atoms with E-state index < -0.39 is 0 Å². The van der Waals surface area contributed by atoms with Crippen molar-refractivity contribution in [2.75, 3.05) is 5.32 Å². The van der Waals surface area contributed by atoms with Crippen LogP contribution in [0.4, 0.5) is 5.82 Å². The van der Waals surface area contributed by atoms with Crippen molar-refractivity contribution in [3.8, 4) is 0 Å². The molecular formula is C12H14N6O. The molecule has 1 unspecified atom stereocenters. The molecule has 19 heavy (non-hydrogen) atoms. The van der Waals surface area contributed by atoms with Gasteiger partial charge in [0.1, 0.15) is 24.1 Å². The number of hydrogen-bond donors (Lipinski definition) is 1. The SMILES string of the molecule is Cc1nc2ncnn2c(NC(C)c2ccon2)c1C. The third-order valence-corrected chi connectivity index (χ3v) is 3.16. The van der Waals surface area contributed by atoms with E-state index in [2.05, 4.69) is 25.5 Å². The van der Waals surface area contributed by atoms with Gasteiger partial charge in [-0.2, -0.15) is 14.6 Å². The highest BCUT2D eigenvalue weighted by molar-refractivity contribution is 5.52. The summed E-state index contributed by atoms with van der Waals surface area (Å²) in [6.07, 6.45) is 3.05. The first-order valence-electron chi connectivity index (χ1n) is 6.00. The number of nitrogens with zero attached hydrogens (tertiary/aromatic N) is 5. The van der Waals surface area contributed by atoms with Gasteiger partial charge in [-0.05, 0) is 20.8 Å². The first-order chi connectivity index (χ1) is 9.16. The van der Waals surface area contributed by atoms with Gasteiger partial charge in [0, 0.05) is 17.3 Å². The molecule has 0 aliphatic carbocycles. The molecule has 0 aliphatic rings. The average molecular weight is 258 g/mol. The van der Waals surface area contributed by atoms with Crippen molar-refractivity contribution in [1.82, 2.24) is 24.7 Å². The van der Waals surface area contributed by atoms with E-state index in [-0.39, 0.29) is 6.04 Å². The highest BCUT2D eigenvalue weighted by Crippen LogP contribution is 2.22. The van der Waals surface area contributed by atoms with Gasteiger partial charge in [0.25, 0.3) is 5.78 Å². The molecule has 0 saturated heterocycles. The van der Waals surface area contributed by atoms with E-state index >= 15 is 0 Å². The standard InChI is InChI=1S/C12H14N6O/c1-7-8(2)16-12-13-6-14-18(12)11(7)15-9(3)10-4-5-19-17-10/h4-6,9,15H,1-3H3. The molecule has 98 valence electrons. The second-order valence-corrected chi connectivity index (χ2v) is 4.43. The van der Waals surface area contributed by atoms with Crippen LogP contribution in [0.2, 0.25) is 0 Å². The zero-order valence-corrected chi connectivity index (χ0v) is 11.0. The summed E-state index contributed by atoms with van der Waals surface area (Å²) >= 11 is 0. The molecule has 3 rings (SSSR count). The average Bonchev–Trinajstić information content (AvgIpc) is 3.04. The van der Waals surface area contributed by atoms with Gasteiger partial charge < -0.3 is 9.84 Å². The van der Waals surface area contributed by atoms with Crippen LogP contribution in [0.5, 0.6) is 0 Å². The lowest BCUT2D eigenvalue weighted by Crippen LogP contribution is -2.13. The zero-order valence-electron chi connectivity index (χ0n) is 11.0. The number of rotatable bonds is 3. The second-order valence-electron chi connectivity index (χ2n) is 4.43. The van der Waals surface area contributed by atoms with Crippen molar-refractivity contribution < 1.29 is 4.52 Å². The molecule has 0 bridgehead atoms. The summed E-state index contributed by atoms with van der Waals surface area (Å²) in [6.45, 7) is 5.97. The lowest BCUT2D eigenvalue weighted by Gasteiger charge is -2.16. The number of nitrogens with one attached hydrogen (secondary N) is 1. The van der Waals surface area contributed by atoms with Crippen LogP contribution in [-0.2, 0) is 0 Å². The minimum atomic E-state index is 0.00616. The predicted octanol–water partition coefficient (Wildman–Crippen LogP) is 1.90. The number of fused-ring (bicyclic) bond motifs is 1. The van der Waals surface area contributed by atoms with Gasteiger partial charge in [0.05, 0.1) is 6.04 Å². The Balaban J connectivity index is 2.04. The molecule has 0 amide bonds. The van der Waals surface area contributed by atoms with Gasteiger partial charge in [-0.3, -0.25) is 0 Å². The normalized spacial score (nSPS) is 12.8. The molecule has 1 N–H and O–H groups in total. The Morgan fingerprint density at radius 3 is 2.95 bits per heavy atom. The van der Waals surface area contributed by atoms with Crippen LogP contribution in [0.25, 0.3) is 5.78 Å². The van der Waals surface area contributed by atoms with E-state index in [0.29, 0.717) is 5.78 Å². The van der Waals surface area contributed by atoms with Crippen LogP contribution in [0, 0.1) is 13.8 Å². The maximum atomic E-state index is 4.86. The fourth-order valence-electron chi connectivity index (χ4n) is 1.93. The number of hydrogen-bond acceptors (Lipinski definition) is 6. The van der Waals surface area contributed by atoms with Crippen LogP contribution in [0.3, 0.4) is 0 Å². The Labute approximate surface area is 109 Å². The molecule has 0 spiro atoms. The van der Waals surface area contributed by atoms with E-state index in [4.69, 9.17) is 4.52 Å². The Kier molecular flexibility index (Phi) is 2.66. The van der Waals surface area contributed by atoms with Gasteiger partial charge in [0.2, 0.25) is 0 Å². The van der Waals surface area contributed by atoms with Gasteiger partial charge in [-0.1, -0.05) is 5.16 Å². The van der Waals surface area contributed by atoms with Crippen molar-refractivity contribution in [2.45, 2.75) is 26.8 Å². The van der Waals surface area contributed by atoms with Crippen LogP contribution in [0.15, 0.2) is 23.2 Å². The van der Waals surface area contributed by atoms with E-state index in [1.165, 1.54) is 6.33 Å². The number of anilines is 1. The van der Waals surface area contributed by atoms with Gasteiger partial charge in [-0.25, -0.2) is 4.98 Å². The Morgan fingerprint density at radius 1 is 1.37 bits per heavy atom. The van der Waals surface area contributed by atoms with Crippen LogP contribution < -0.4 is 5.32 Å². The summed E-state index contributed by atoms with van der Waals surface area (Å²) in [5.74, 6) is 1.45. The van der Waals surface area contributed by atoms with Crippen molar-refractivity contribution >= 4 is 11.6 Å². The molecule has 7 nitrogen and oxygen atoms in total. The molecular weight excluding hydrogens is 244 g/mol. The molecule has 0 radical (unpaired) electrons. The number of aromatic nitrogens is 5. The third kappa shape index (κ3) is 1.92. The van der Waals surface area contributed by atoms with Crippen molar-refractivity contribution in [3.63, 3.8) is 0 Å². The van der Waals surface area contributed by atoms with E-state index in [9.17, 15) is 0 Å². The quantitative estimate of drug-likeness (QED) is 0.772. The maximum absolute atomic E-state index is 4.86. The fraction of sp³-hybridized carbons (Fsp3) is 0.333. The topological polar surface area (TPSA) is 81.1 Å². The lowest BCUT2D eigenvalue weighted by molar-refractivity contribution is 0.409. The van der Waals surface area contributed by atoms with E-state index in [1.807, 2.05) is 26.8 Å². The molecule has 3 aromatic heterocycles. The van der Waals surface area contributed by atoms with Gasteiger partial charge >= 0.3 is 0 Å². The van der Waals surface area contributed by atoms with Gasteiger partial charge in [-0.15, -0.1) is 0 Å². The smallest absolute Gasteiger partial charge is 0.254 e. The summed E-state index contributed by atoms with van der Waals surface area (Å²) in [6, 6.07) is 1.84. The summed E-state index contributed by atoms with van der Waals surface area (Å²) in [7, 11) is 0. The summed E-state index contributed by atoms with van der Waals surface area (Å²) in [5.41, 5.74) is 2.80. The molecule has 3 heterocycles. The Bertz CT molecular complexity index is 702. The number of aryl methyl sites for hydroxylation is 1. The van der Waals surface area contributed by atoms with Crippen molar-refractivity contribution in [1.29, 1.82) is 0 Å². The highest BCUT2D eigenvalue weighted by Gasteiger charge is 2.15. The molecule has 7 heteroatoms. The summed E-state index contributed by atoms with van der Waals surface area (Å²) < 4.78 is 6.56. The van der Waals surface area contributed by atoms with Crippen LogP contribution in [0.1, 0.15) is 29.9 Å². The monoisotopic (exact) mass is 258 g/mol. The molecule has 0 saturated carbocycles. The first-order valence-corrected chi connectivity index (χ1v) is 6.00. The van der Waals surface area contributed by atoms with Crippen LogP contribution in [-0.4, -0.2) is 24.7 Å². The fourth-order valence-corrected chi connectivity index (χ4v) is 1.93. The summed E-state index contributed by atoms with van der Waals surface area (Å²) in [4.78, 5) is 8.50. The van der Waals surface area contributed by atoms with E-state index in [0.717, 1.165) is 22.8 Å².